The summed E-state index contributed by atoms with van der Waals surface area (Å²) < 4.78 is 16.9. The third kappa shape index (κ3) is 3.83. The molecule has 2 heterocycles. The Morgan fingerprint density at radius 2 is 1.67 bits per heavy atom. The van der Waals surface area contributed by atoms with Crippen molar-refractivity contribution < 1.29 is 28.9 Å². The minimum absolute atomic E-state index is 0.0322. The monoisotopic (exact) mass is 502 g/mol. The Bertz CT molecular complexity index is 1510. The quantitative estimate of drug-likeness (QED) is 0.226. The minimum atomic E-state index is -0.938. The molecule has 5 rings (SSSR count). The molecule has 8 nitrogen and oxygen atoms in total. The number of thiazole rings is 1. The van der Waals surface area contributed by atoms with Gasteiger partial charge in [0, 0.05) is 5.56 Å². The summed E-state index contributed by atoms with van der Waals surface area (Å²) in [7, 11) is 4.60. The molecular weight excluding hydrogens is 480 g/mol. The first-order valence-corrected chi connectivity index (χ1v) is 11.8. The minimum Gasteiger partial charge on any atom is -0.507 e. The molecule has 0 saturated carbocycles. The van der Waals surface area contributed by atoms with Gasteiger partial charge >= 0.3 is 5.91 Å². The van der Waals surface area contributed by atoms with Crippen LogP contribution in [0.15, 0.2) is 72.3 Å². The van der Waals surface area contributed by atoms with E-state index in [0.29, 0.717) is 39.0 Å². The van der Waals surface area contributed by atoms with Crippen LogP contribution in [-0.4, -0.2) is 43.1 Å². The van der Waals surface area contributed by atoms with Gasteiger partial charge in [-0.2, -0.15) is 0 Å². The van der Waals surface area contributed by atoms with Gasteiger partial charge in [0.2, 0.25) is 0 Å². The van der Waals surface area contributed by atoms with E-state index in [1.165, 1.54) is 30.5 Å². The normalized spacial score (nSPS) is 17.0. The van der Waals surface area contributed by atoms with Gasteiger partial charge in [-0.05, 0) is 35.9 Å². The van der Waals surface area contributed by atoms with Crippen LogP contribution in [0.4, 0.5) is 5.13 Å². The SMILES string of the molecule is COc1ccc2nc(N3C(=O)C(=O)/C(=C(/O)c4ccccc4)[C@@H]3c3ccc(OC)c(OC)c3)sc2c1. The van der Waals surface area contributed by atoms with Crippen LogP contribution >= 0.6 is 11.3 Å². The van der Waals surface area contributed by atoms with Crippen LogP contribution in [0.5, 0.6) is 17.2 Å². The van der Waals surface area contributed by atoms with E-state index in [4.69, 9.17) is 14.2 Å². The highest BCUT2D eigenvalue weighted by molar-refractivity contribution is 7.22. The number of fused-ring (bicyclic) bond motifs is 1. The van der Waals surface area contributed by atoms with Crippen molar-refractivity contribution in [1.82, 2.24) is 4.98 Å². The molecule has 0 radical (unpaired) electrons. The molecule has 0 spiro atoms. The van der Waals surface area contributed by atoms with Crippen LogP contribution in [0.3, 0.4) is 0 Å². The first-order chi connectivity index (χ1) is 17.5. The molecular formula is C27H22N2O6S. The number of ketones is 1. The van der Waals surface area contributed by atoms with Gasteiger partial charge in [0.05, 0.1) is 43.2 Å². The van der Waals surface area contributed by atoms with Crippen molar-refractivity contribution >= 4 is 44.1 Å². The topological polar surface area (TPSA) is 98.2 Å². The van der Waals surface area contributed by atoms with Crippen molar-refractivity contribution in [1.29, 1.82) is 0 Å². The number of benzene rings is 3. The molecule has 4 aromatic rings. The van der Waals surface area contributed by atoms with E-state index in [9.17, 15) is 14.7 Å². The summed E-state index contributed by atoms with van der Waals surface area (Å²) in [5.41, 5.74) is 1.61. The Hall–Kier alpha value is -4.37. The predicted molar refractivity (Wildman–Crippen MR) is 137 cm³/mol. The lowest BCUT2D eigenvalue weighted by molar-refractivity contribution is -0.132. The van der Waals surface area contributed by atoms with Crippen molar-refractivity contribution in [3.63, 3.8) is 0 Å². The Labute approximate surface area is 211 Å². The summed E-state index contributed by atoms with van der Waals surface area (Å²) in [6.45, 7) is 0. The largest absolute Gasteiger partial charge is 0.507 e. The van der Waals surface area contributed by atoms with Crippen molar-refractivity contribution in [2.24, 2.45) is 0 Å². The van der Waals surface area contributed by atoms with Gasteiger partial charge < -0.3 is 19.3 Å². The van der Waals surface area contributed by atoms with Crippen molar-refractivity contribution in [2.45, 2.75) is 6.04 Å². The number of hydrogen-bond donors (Lipinski definition) is 1. The Morgan fingerprint density at radius 1 is 0.917 bits per heavy atom. The van der Waals surface area contributed by atoms with Crippen LogP contribution in [-0.2, 0) is 9.59 Å². The van der Waals surface area contributed by atoms with Crippen molar-refractivity contribution in [2.75, 3.05) is 26.2 Å². The highest BCUT2D eigenvalue weighted by atomic mass is 32.1. The van der Waals surface area contributed by atoms with Crippen LogP contribution in [0.2, 0.25) is 0 Å². The van der Waals surface area contributed by atoms with E-state index in [1.54, 1.807) is 67.8 Å². The molecule has 9 heteroatoms. The van der Waals surface area contributed by atoms with Gasteiger partial charge in [0.1, 0.15) is 11.5 Å². The molecule has 1 atom stereocenters. The average Bonchev–Trinajstić information content (AvgIpc) is 3.45. The molecule has 0 bridgehead atoms. The second-order valence-corrected chi connectivity index (χ2v) is 8.99. The van der Waals surface area contributed by atoms with E-state index < -0.39 is 17.7 Å². The number of carbonyl (C=O) groups excluding carboxylic acids is 2. The molecule has 1 amide bonds. The van der Waals surface area contributed by atoms with E-state index in [1.807, 2.05) is 6.07 Å². The molecule has 1 fully saturated rings. The second-order valence-electron chi connectivity index (χ2n) is 7.98. The number of methoxy groups -OCH3 is 3. The number of aromatic nitrogens is 1. The first kappa shape index (κ1) is 23.4. The molecule has 3 aromatic carbocycles. The number of anilines is 1. The summed E-state index contributed by atoms with van der Waals surface area (Å²) >= 11 is 1.26. The fourth-order valence-corrected chi connectivity index (χ4v) is 5.26. The molecule has 1 saturated heterocycles. The molecule has 0 unspecified atom stereocenters. The number of nitrogens with zero attached hydrogens (tertiary/aromatic N) is 2. The summed E-state index contributed by atoms with van der Waals surface area (Å²) in [6, 6.07) is 18.2. The number of carbonyl (C=O) groups is 2. The zero-order chi connectivity index (χ0) is 25.4. The number of rotatable bonds is 6. The Kier molecular flexibility index (Phi) is 6.07. The molecule has 36 heavy (non-hydrogen) atoms. The smallest absolute Gasteiger partial charge is 0.301 e. The first-order valence-electron chi connectivity index (χ1n) is 11.0. The highest BCUT2D eigenvalue weighted by Gasteiger charge is 2.48. The molecule has 1 aromatic heterocycles. The highest BCUT2D eigenvalue weighted by Crippen LogP contribution is 2.46. The maximum atomic E-state index is 13.4. The summed E-state index contributed by atoms with van der Waals surface area (Å²) in [4.78, 5) is 32.8. The molecule has 0 aliphatic carbocycles. The van der Waals surface area contributed by atoms with E-state index in [2.05, 4.69) is 4.98 Å². The predicted octanol–water partition coefficient (Wildman–Crippen LogP) is 4.95. The van der Waals surface area contributed by atoms with Gasteiger partial charge in [-0.25, -0.2) is 4.98 Å². The summed E-state index contributed by atoms with van der Waals surface area (Å²) in [5, 5.41) is 11.6. The van der Waals surface area contributed by atoms with Crippen molar-refractivity contribution in [3.8, 4) is 17.2 Å². The van der Waals surface area contributed by atoms with Gasteiger partial charge in [-0.1, -0.05) is 47.7 Å². The Balaban J connectivity index is 1.74. The zero-order valence-corrected chi connectivity index (χ0v) is 20.5. The van der Waals surface area contributed by atoms with Crippen LogP contribution < -0.4 is 19.1 Å². The summed E-state index contributed by atoms with van der Waals surface area (Å²) in [6.07, 6.45) is 0. The zero-order valence-electron chi connectivity index (χ0n) is 19.7. The van der Waals surface area contributed by atoms with Crippen molar-refractivity contribution in [3.05, 3.63) is 83.4 Å². The van der Waals surface area contributed by atoms with Gasteiger partial charge in [-0.3, -0.25) is 14.5 Å². The number of hydrogen-bond acceptors (Lipinski definition) is 8. The fourth-order valence-electron chi connectivity index (χ4n) is 4.24. The van der Waals surface area contributed by atoms with Crippen LogP contribution in [0, 0.1) is 0 Å². The van der Waals surface area contributed by atoms with E-state index in [0.717, 1.165) is 4.70 Å². The van der Waals surface area contributed by atoms with Gasteiger partial charge in [-0.15, -0.1) is 0 Å². The standard InChI is InChI=1S/C27H22N2O6S/c1-33-17-10-11-18-21(14-17)36-27(28-18)29-23(16-9-12-19(34-2)20(13-16)35-3)22(25(31)26(29)32)24(30)15-7-5-4-6-8-15/h4-14,23,30H,1-3H3/b24-22+/t23-/m0/s1. The number of Topliss-reactive ketones (excluding diaryl/α,β-unsaturated/α-hetero) is 1. The molecule has 1 aliphatic heterocycles. The third-order valence-electron chi connectivity index (χ3n) is 6.01. The molecule has 182 valence electrons. The number of amides is 1. The van der Waals surface area contributed by atoms with E-state index in [-0.39, 0.29) is 11.3 Å². The lowest BCUT2D eigenvalue weighted by Gasteiger charge is -2.23. The fraction of sp³-hybridized carbons (Fsp3) is 0.148. The second kappa shape index (κ2) is 9.35. The van der Waals surface area contributed by atoms with Crippen LogP contribution in [0.1, 0.15) is 17.2 Å². The lowest BCUT2D eigenvalue weighted by Crippen LogP contribution is -2.29. The maximum Gasteiger partial charge on any atom is 0.301 e. The lowest BCUT2D eigenvalue weighted by atomic mass is 9.95. The number of ether oxygens (including phenoxy) is 3. The number of aliphatic hydroxyl groups excluding tert-OH is 1. The molecule has 1 aliphatic rings. The number of aliphatic hydroxyl groups is 1. The summed E-state index contributed by atoms with van der Waals surface area (Å²) in [5.74, 6) is -0.270. The Morgan fingerprint density at radius 3 is 2.36 bits per heavy atom. The van der Waals surface area contributed by atoms with E-state index >= 15 is 0 Å². The van der Waals surface area contributed by atoms with Gasteiger partial charge in [0.15, 0.2) is 16.6 Å². The maximum absolute atomic E-state index is 13.4. The van der Waals surface area contributed by atoms with Crippen LogP contribution in [0.25, 0.3) is 16.0 Å². The molecule has 1 N–H and O–H groups in total. The average molecular weight is 503 g/mol. The van der Waals surface area contributed by atoms with Gasteiger partial charge in [0.25, 0.3) is 5.78 Å². The third-order valence-corrected chi connectivity index (χ3v) is 7.02.